The van der Waals surface area contributed by atoms with E-state index in [1.807, 2.05) is 0 Å². The highest BCUT2D eigenvalue weighted by Gasteiger charge is 1.97. The van der Waals surface area contributed by atoms with E-state index in [1.54, 1.807) is 6.92 Å². The van der Waals surface area contributed by atoms with Gasteiger partial charge in [-0.25, -0.2) is 0 Å². The van der Waals surface area contributed by atoms with E-state index in [0.717, 1.165) is 0 Å². The van der Waals surface area contributed by atoms with Crippen LogP contribution in [0.5, 0.6) is 0 Å². The summed E-state index contributed by atoms with van der Waals surface area (Å²) in [5.74, 6) is 0. The molecule has 0 aromatic carbocycles. The number of hydrogen-bond donors (Lipinski definition) is 0. The molecular weight excluding hydrogens is 108 g/mol. The second-order valence-electron chi connectivity index (χ2n) is 1.60. The molecule has 1 atom stereocenters. The SMILES string of the molecule is CC(CCN=O)N=O. The Balaban J connectivity index is 3.09. The van der Waals surface area contributed by atoms with Crippen LogP contribution in [0.15, 0.2) is 10.4 Å². The van der Waals surface area contributed by atoms with Crippen molar-refractivity contribution in [3.8, 4) is 0 Å². The van der Waals surface area contributed by atoms with Crippen molar-refractivity contribution in [2.75, 3.05) is 6.54 Å². The van der Waals surface area contributed by atoms with Crippen LogP contribution in [0.4, 0.5) is 0 Å². The summed E-state index contributed by atoms with van der Waals surface area (Å²) in [5.41, 5.74) is 0. The third-order valence-electron chi connectivity index (χ3n) is 0.818. The summed E-state index contributed by atoms with van der Waals surface area (Å²) in [6, 6.07) is -0.271. The summed E-state index contributed by atoms with van der Waals surface area (Å²) in [4.78, 5) is 19.0. The molecule has 0 aliphatic rings. The molecule has 0 aromatic heterocycles. The molecule has 0 bridgehead atoms. The first kappa shape index (κ1) is 7.20. The third kappa shape index (κ3) is 3.39. The molecule has 0 aliphatic heterocycles. The molecule has 46 valence electrons. The fourth-order valence-electron chi connectivity index (χ4n) is 0.292. The molecule has 0 spiro atoms. The van der Waals surface area contributed by atoms with E-state index in [0.29, 0.717) is 6.42 Å². The molecule has 0 aliphatic carbocycles. The Morgan fingerprint density at radius 3 is 2.50 bits per heavy atom. The molecule has 0 saturated carbocycles. The van der Waals surface area contributed by atoms with Gasteiger partial charge in [0.25, 0.3) is 0 Å². The third-order valence-corrected chi connectivity index (χ3v) is 0.818. The van der Waals surface area contributed by atoms with Crippen molar-refractivity contribution >= 4 is 0 Å². The number of hydrogen-bond acceptors (Lipinski definition) is 4. The summed E-state index contributed by atoms with van der Waals surface area (Å²) in [5, 5.41) is 5.25. The number of nitroso groups, excluding NO2 is 2. The summed E-state index contributed by atoms with van der Waals surface area (Å²) in [6.45, 7) is 1.84. The molecule has 4 heteroatoms. The van der Waals surface area contributed by atoms with Crippen molar-refractivity contribution in [1.82, 2.24) is 0 Å². The minimum atomic E-state index is -0.271. The zero-order chi connectivity index (χ0) is 6.41. The molecule has 0 aromatic rings. The van der Waals surface area contributed by atoms with E-state index in [-0.39, 0.29) is 12.6 Å². The molecule has 4 nitrogen and oxygen atoms in total. The van der Waals surface area contributed by atoms with Gasteiger partial charge in [0, 0.05) is 0 Å². The van der Waals surface area contributed by atoms with Crippen LogP contribution in [0.3, 0.4) is 0 Å². The molecule has 0 amide bonds. The largest absolute Gasteiger partial charge is 0.151 e. The fraction of sp³-hybridized carbons (Fsp3) is 1.00. The van der Waals surface area contributed by atoms with Gasteiger partial charge in [-0.1, -0.05) is 10.4 Å². The lowest BCUT2D eigenvalue weighted by Crippen LogP contribution is -1.97. The maximum absolute atomic E-state index is 9.62. The number of nitrogens with zero attached hydrogens (tertiary/aromatic N) is 2. The van der Waals surface area contributed by atoms with E-state index < -0.39 is 0 Å². The molecule has 0 heterocycles. The van der Waals surface area contributed by atoms with Gasteiger partial charge in [-0.3, -0.25) is 0 Å². The van der Waals surface area contributed by atoms with E-state index in [9.17, 15) is 9.81 Å². The second kappa shape index (κ2) is 4.36. The van der Waals surface area contributed by atoms with Crippen LogP contribution >= 0.6 is 0 Å². The summed E-state index contributed by atoms with van der Waals surface area (Å²) in [6.07, 6.45) is 0.465. The Labute approximate surface area is 47.2 Å². The predicted molar refractivity (Wildman–Crippen MR) is 30.5 cm³/mol. The Morgan fingerprint density at radius 2 is 2.12 bits per heavy atom. The Hall–Kier alpha value is -0.800. The average Bonchev–Trinajstić information content (AvgIpc) is 1.83. The van der Waals surface area contributed by atoms with Crippen molar-refractivity contribution in [3.63, 3.8) is 0 Å². The van der Waals surface area contributed by atoms with Gasteiger partial charge >= 0.3 is 0 Å². The Kier molecular flexibility index (Phi) is 3.93. The van der Waals surface area contributed by atoms with Gasteiger partial charge in [-0.05, 0) is 13.3 Å². The minimum Gasteiger partial charge on any atom is -0.151 e. The molecule has 0 fully saturated rings. The van der Waals surface area contributed by atoms with Crippen LogP contribution < -0.4 is 0 Å². The molecular formula is C4H8N2O2. The zero-order valence-corrected chi connectivity index (χ0v) is 4.70. The van der Waals surface area contributed by atoms with Crippen LogP contribution in [0.25, 0.3) is 0 Å². The minimum absolute atomic E-state index is 0.187. The zero-order valence-electron chi connectivity index (χ0n) is 4.70. The lowest BCUT2D eigenvalue weighted by atomic mass is 10.3. The predicted octanol–water partition coefficient (Wildman–Crippen LogP) is 1.30. The van der Waals surface area contributed by atoms with Crippen LogP contribution in [-0.2, 0) is 0 Å². The van der Waals surface area contributed by atoms with Crippen molar-refractivity contribution in [2.45, 2.75) is 19.4 Å². The Bertz CT molecular complexity index is 84.1. The van der Waals surface area contributed by atoms with Crippen LogP contribution in [0, 0.1) is 9.81 Å². The molecule has 0 N–H and O–H groups in total. The van der Waals surface area contributed by atoms with Gasteiger partial charge in [0.1, 0.15) is 0 Å². The van der Waals surface area contributed by atoms with Crippen LogP contribution in [0.2, 0.25) is 0 Å². The molecule has 8 heavy (non-hydrogen) atoms. The van der Waals surface area contributed by atoms with Gasteiger partial charge in [0.2, 0.25) is 0 Å². The highest BCUT2D eigenvalue weighted by molar-refractivity contribution is 4.58. The van der Waals surface area contributed by atoms with Gasteiger partial charge in [-0.2, -0.15) is 9.81 Å². The molecule has 0 saturated heterocycles. The van der Waals surface area contributed by atoms with Gasteiger partial charge < -0.3 is 0 Å². The normalized spacial score (nSPS) is 12.6. The fourth-order valence-corrected chi connectivity index (χ4v) is 0.292. The first-order valence-corrected chi connectivity index (χ1v) is 2.43. The highest BCUT2D eigenvalue weighted by atomic mass is 16.3. The molecule has 1 unspecified atom stereocenters. The topological polar surface area (TPSA) is 58.9 Å². The van der Waals surface area contributed by atoms with Crippen LogP contribution in [-0.4, -0.2) is 12.6 Å². The van der Waals surface area contributed by atoms with Gasteiger partial charge in [0.05, 0.1) is 12.6 Å². The lowest BCUT2D eigenvalue weighted by Gasteiger charge is -1.92. The standard InChI is InChI=1S/C4H8N2O2/c1-4(6-8)2-3-5-7/h4H,2-3H2,1H3. The first-order valence-electron chi connectivity index (χ1n) is 2.43. The smallest absolute Gasteiger partial charge is 0.0910 e. The van der Waals surface area contributed by atoms with E-state index in [4.69, 9.17) is 0 Å². The monoisotopic (exact) mass is 116 g/mol. The van der Waals surface area contributed by atoms with E-state index in [2.05, 4.69) is 10.4 Å². The van der Waals surface area contributed by atoms with Crippen molar-refractivity contribution in [2.24, 2.45) is 10.4 Å². The molecule has 0 radical (unpaired) electrons. The van der Waals surface area contributed by atoms with Crippen molar-refractivity contribution in [1.29, 1.82) is 0 Å². The quantitative estimate of drug-likeness (QED) is 0.519. The maximum atomic E-state index is 9.62. The highest BCUT2D eigenvalue weighted by Crippen LogP contribution is 1.94. The van der Waals surface area contributed by atoms with E-state index in [1.165, 1.54) is 0 Å². The summed E-state index contributed by atoms with van der Waals surface area (Å²) in [7, 11) is 0. The van der Waals surface area contributed by atoms with Gasteiger partial charge in [-0.15, -0.1) is 0 Å². The van der Waals surface area contributed by atoms with Crippen molar-refractivity contribution < 1.29 is 0 Å². The van der Waals surface area contributed by atoms with Gasteiger partial charge in [0.15, 0.2) is 0 Å². The number of rotatable bonds is 4. The molecule has 0 rings (SSSR count). The van der Waals surface area contributed by atoms with Crippen molar-refractivity contribution in [3.05, 3.63) is 9.81 Å². The lowest BCUT2D eigenvalue weighted by molar-refractivity contribution is 0.672. The summed E-state index contributed by atoms with van der Waals surface area (Å²) < 4.78 is 0. The maximum Gasteiger partial charge on any atom is 0.0910 e. The first-order chi connectivity index (χ1) is 3.81. The Morgan fingerprint density at radius 1 is 1.50 bits per heavy atom. The second-order valence-corrected chi connectivity index (χ2v) is 1.60. The van der Waals surface area contributed by atoms with Crippen LogP contribution in [0.1, 0.15) is 13.3 Å². The van der Waals surface area contributed by atoms with E-state index >= 15 is 0 Å². The summed E-state index contributed by atoms with van der Waals surface area (Å²) >= 11 is 0. The average molecular weight is 116 g/mol.